The van der Waals surface area contributed by atoms with Gasteiger partial charge in [0.15, 0.2) is 5.78 Å². The van der Waals surface area contributed by atoms with Crippen molar-refractivity contribution < 1.29 is 28.2 Å². The van der Waals surface area contributed by atoms with Crippen LogP contribution in [0.4, 0.5) is 0 Å². The van der Waals surface area contributed by atoms with E-state index < -0.39 is 5.97 Å². The summed E-state index contributed by atoms with van der Waals surface area (Å²) in [6, 6.07) is 29.1. The molecule has 0 radical (unpaired) electrons. The molecule has 0 amide bonds. The summed E-state index contributed by atoms with van der Waals surface area (Å²) < 4.78 is 22.6. The van der Waals surface area contributed by atoms with Gasteiger partial charge in [-0.25, -0.2) is 4.79 Å². The van der Waals surface area contributed by atoms with E-state index in [0.717, 1.165) is 5.56 Å². The quantitative estimate of drug-likeness (QED) is 0.0873. The summed E-state index contributed by atoms with van der Waals surface area (Å²) in [6.07, 6.45) is 3.16. The van der Waals surface area contributed by atoms with Crippen LogP contribution in [0.2, 0.25) is 0 Å². The third-order valence-corrected chi connectivity index (χ3v) is 6.16. The minimum Gasteiger partial charge on any atom is -0.497 e. The van der Waals surface area contributed by atoms with Gasteiger partial charge in [-0.1, -0.05) is 48.5 Å². The van der Waals surface area contributed by atoms with Crippen LogP contribution in [0.5, 0.6) is 17.2 Å². The second-order valence-electron chi connectivity index (χ2n) is 8.85. The Bertz CT molecular complexity index is 1650. The molecule has 0 N–H and O–H groups in total. The van der Waals surface area contributed by atoms with Crippen LogP contribution < -0.4 is 14.2 Å². The topological polar surface area (TPSA) is 75.0 Å². The molecule has 6 nitrogen and oxygen atoms in total. The van der Waals surface area contributed by atoms with Crippen molar-refractivity contribution in [1.82, 2.24) is 0 Å². The average Bonchev–Trinajstić information content (AvgIpc) is 3.30. The minimum absolute atomic E-state index is 0.147. The van der Waals surface area contributed by atoms with E-state index >= 15 is 0 Å². The molecular weight excluding hydrogens is 492 g/mol. The zero-order valence-corrected chi connectivity index (χ0v) is 21.5. The largest absolute Gasteiger partial charge is 0.497 e. The number of carbonyl (C=O) groups is 2. The number of benzene rings is 4. The molecule has 1 heterocycles. The molecule has 0 saturated carbocycles. The van der Waals surface area contributed by atoms with Crippen LogP contribution in [0.3, 0.4) is 0 Å². The molecule has 4 aromatic carbocycles. The number of furan rings is 1. The van der Waals surface area contributed by atoms with E-state index in [1.807, 2.05) is 42.5 Å². The van der Waals surface area contributed by atoms with Gasteiger partial charge in [0.2, 0.25) is 0 Å². The lowest BCUT2D eigenvalue weighted by Crippen LogP contribution is -2.09. The molecule has 0 fully saturated rings. The maximum absolute atomic E-state index is 13.2. The summed E-state index contributed by atoms with van der Waals surface area (Å²) in [6.45, 7) is 2.13. The Balaban J connectivity index is 1.30. The van der Waals surface area contributed by atoms with Crippen LogP contribution in [0.1, 0.15) is 37.6 Å². The predicted octanol–water partition coefficient (Wildman–Crippen LogP) is 7.44. The van der Waals surface area contributed by atoms with Crippen molar-refractivity contribution in [3.05, 3.63) is 131 Å². The van der Waals surface area contributed by atoms with Gasteiger partial charge in [-0.2, -0.15) is 0 Å². The predicted molar refractivity (Wildman–Crippen MR) is 149 cm³/mol. The summed E-state index contributed by atoms with van der Waals surface area (Å²) in [5.41, 5.74) is 3.21. The van der Waals surface area contributed by atoms with Crippen LogP contribution in [-0.4, -0.2) is 18.9 Å². The van der Waals surface area contributed by atoms with Crippen molar-refractivity contribution in [1.29, 1.82) is 0 Å². The maximum Gasteiger partial charge on any atom is 0.347 e. The van der Waals surface area contributed by atoms with Gasteiger partial charge in [0.1, 0.15) is 40.8 Å². The number of allylic oxidation sites excluding steroid dienone is 1. The molecule has 0 bridgehead atoms. The van der Waals surface area contributed by atoms with Crippen LogP contribution in [0, 0.1) is 6.92 Å². The van der Waals surface area contributed by atoms with Gasteiger partial charge in [0, 0.05) is 10.9 Å². The number of hydrogen-bond donors (Lipinski definition) is 0. The lowest BCUT2D eigenvalue weighted by atomic mass is 10.1. The van der Waals surface area contributed by atoms with Gasteiger partial charge < -0.3 is 18.6 Å². The molecule has 0 unspecified atom stereocenters. The fraction of sp³-hybridized carbons (Fsp3) is 0.0909. The van der Waals surface area contributed by atoms with E-state index in [1.165, 1.54) is 6.08 Å². The molecule has 5 rings (SSSR count). The summed E-state index contributed by atoms with van der Waals surface area (Å²) >= 11 is 0. The lowest BCUT2D eigenvalue weighted by Gasteiger charge is -2.07. The number of ketones is 1. The number of methoxy groups -OCH3 is 1. The Morgan fingerprint density at radius 1 is 0.821 bits per heavy atom. The molecule has 194 valence electrons. The zero-order valence-electron chi connectivity index (χ0n) is 21.5. The number of fused-ring (bicyclic) bond motifs is 1. The van der Waals surface area contributed by atoms with Gasteiger partial charge >= 0.3 is 5.97 Å². The van der Waals surface area contributed by atoms with Crippen molar-refractivity contribution in [2.45, 2.75) is 13.5 Å². The molecule has 39 heavy (non-hydrogen) atoms. The van der Waals surface area contributed by atoms with Gasteiger partial charge in [-0.15, -0.1) is 0 Å². The molecular formula is C33H26O6. The Morgan fingerprint density at radius 2 is 1.59 bits per heavy atom. The lowest BCUT2D eigenvalue weighted by molar-refractivity contribution is 0.0734. The highest BCUT2D eigenvalue weighted by Crippen LogP contribution is 2.30. The summed E-state index contributed by atoms with van der Waals surface area (Å²) in [5, 5.41) is 0.615. The van der Waals surface area contributed by atoms with Crippen LogP contribution in [-0.2, 0) is 6.61 Å². The molecule has 6 heteroatoms. The Kier molecular flexibility index (Phi) is 7.55. The van der Waals surface area contributed by atoms with Crippen molar-refractivity contribution in [3.8, 4) is 17.2 Å². The van der Waals surface area contributed by atoms with Gasteiger partial charge in [0.25, 0.3) is 0 Å². The number of rotatable bonds is 9. The Labute approximate surface area is 226 Å². The number of ether oxygens (including phenoxy) is 3. The number of hydrogen-bond acceptors (Lipinski definition) is 6. The number of carbonyl (C=O) groups excluding carboxylic acids is 2. The highest BCUT2D eigenvalue weighted by molar-refractivity contribution is 6.07. The van der Waals surface area contributed by atoms with Crippen molar-refractivity contribution >= 4 is 28.8 Å². The van der Waals surface area contributed by atoms with Crippen molar-refractivity contribution in [2.75, 3.05) is 7.11 Å². The molecule has 1 aromatic heterocycles. The Morgan fingerprint density at radius 3 is 2.36 bits per heavy atom. The van der Waals surface area contributed by atoms with Crippen molar-refractivity contribution in [2.24, 2.45) is 0 Å². The highest BCUT2D eigenvalue weighted by Gasteiger charge is 2.21. The first-order valence-electron chi connectivity index (χ1n) is 12.4. The minimum atomic E-state index is -0.540. The first kappa shape index (κ1) is 25.5. The molecule has 0 aliphatic carbocycles. The number of aryl methyl sites for hydroxylation is 1. The first-order valence-corrected chi connectivity index (χ1v) is 12.4. The van der Waals surface area contributed by atoms with E-state index in [4.69, 9.17) is 18.6 Å². The smallest absolute Gasteiger partial charge is 0.347 e. The normalized spacial score (nSPS) is 11.0. The van der Waals surface area contributed by atoms with Gasteiger partial charge in [-0.05, 0) is 78.7 Å². The molecule has 5 aromatic rings. The van der Waals surface area contributed by atoms with E-state index in [1.54, 1.807) is 74.7 Å². The molecule has 0 saturated heterocycles. The standard InChI is InChI=1S/C33H26O6/c1-22-32(29-20-27(16-18-31(29)38-22)37-21-24-7-4-3-5-8-24)33(35)39-28-10-6-9-23(19-28)11-17-30(34)25-12-14-26(36-2)15-13-25/h3-20H,21H2,1-2H3/b17-11+. The number of esters is 1. The summed E-state index contributed by atoms with van der Waals surface area (Å²) in [5.74, 6) is 1.42. The van der Waals surface area contributed by atoms with Crippen LogP contribution in [0.25, 0.3) is 17.0 Å². The zero-order chi connectivity index (χ0) is 27.2. The molecule has 0 aliphatic heterocycles. The Hall–Kier alpha value is -5.10. The maximum atomic E-state index is 13.2. The molecule has 0 aliphatic rings. The monoisotopic (exact) mass is 518 g/mol. The third-order valence-electron chi connectivity index (χ3n) is 6.16. The average molecular weight is 519 g/mol. The fourth-order valence-electron chi connectivity index (χ4n) is 4.15. The van der Waals surface area contributed by atoms with E-state index in [-0.39, 0.29) is 5.78 Å². The highest BCUT2D eigenvalue weighted by atomic mass is 16.5. The second-order valence-corrected chi connectivity index (χ2v) is 8.85. The first-order chi connectivity index (χ1) is 19.0. The third kappa shape index (κ3) is 6.08. The SMILES string of the molecule is COc1ccc(C(=O)/C=C/c2cccc(OC(=O)c3c(C)oc4ccc(OCc5ccccc5)cc34)c2)cc1. The van der Waals surface area contributed by atoms with E-state index in [0.29, 0.717) is 57.3 Å². The molecule has 0 spiro atoms. The van der Waals surface area contributed by atoms with E-state index in [2.05, 4.69) is 0 Å². The summed E-state index contributed by atoms with van der Waals surface area (Å²) in [4.78, 5) is 25.7. The fourth-order valence-corrected chi connectivity index (χ4v) is 4.15. The van der Waals surface area contributed by atoms with E-state index in [9.17, 15) is 9.59 Å². The second kappa shape index (κ2) is 11.5. The summed E-state index contributed by atoms with van der Waals surface area (Å²) in [7, 11) is 1.58. The van der Waals surface area contributed by atoms with Gasteiger partial charge in [0.05, 0.1) is 7.11 Å². The van der Waals surface area contributed by atoms with Gasteiger partial charge in [-0.3, -0.25) is 4.79 Å². The van der Waals surface area contributed by atoms with Crippen molar-refractivity contribution in [3.63, 3.8) is 0 Å². The molecule has 0 atom stereocenters. The van der Waals surface area contributed by atoms with Crippen LogP contribution >= 0.6 is 0 Å². The van der Waals surface area contributed by atoms with Crippen LogP contribution in [0.15, 0.2) is 108 Å².